The summed E-state index contributed by atoms with van der Waals surface area (Å²) in [6.45, 7) is 2.08. The van der Waals surface area contributed by atoms with E-state index in [0.29, 0.717) is 31.4 Å². The average molecular weight is 508 g/mol. The molecule has 1 amide bonds. The first kappa shape index (κ1) is 24.2. The van der Waals surface area contributed by atoms with Crippen molar-refractivity contribution in [2.75, 3.05) is 18.0 Å². The summed E-state index contributed by atoms with van der Waals surface area (Å²) in [4.78, 5) is 32.2. The number of piperidine rings is 1. The van der Waals surface area contributed by atoms with Gasteiger partial charge in [-0.2, -0.15) is 13.2 Å². The Hall–Kier alpha value is -3.54. The van der Waals surface area contributed by atoms with Crippen molar-refractivity contribution in [1.82, 2.24) is 14.9 Å². The first-order valence-electron chi connectivity index (χ1n) is 11.3. The van der Waals surface area contributed by atoms with Crippen molar-refractivity contribution in [2.24, 2.45) is 5.92 Å². The Morgan fingerprint density at radius 3 is 2.64 bits per heavy atom. The molecule has 2 fully saturated rings. The van der Waals surface area contributed by atoms with Gasteiger partial charge in [-0.1, -0.05) is 6.92 Å². The maximum absolute atomic E-state index is 14.8. The molecular formula is C24H21F5N4O3. The highest BCUT2D eigenvalue weighted by molar-refractivity contribution is 5.97. The summed E-state index contributed by atoms with van der Waals surface area (Å²) < 4.78 is 69.0. The van der Waals surface area contributed by atoms with E-state index in [2.05, 4.69) is 4.98 Å². The molecule has 1 aliphatic heterocycles. The van der Waals surface area contributed by atoms with Crippen LogP contribution in [0.3, 0.4) is 0 Å². The van der Waals surface area contributed by atoms with Crippen molar-refractivity contribution in [3.8, 4) is 5.69 Å². The van der Waals surface area contributed by atoms with Crippen LogP contribution >= 0.6 is 0 Å². The van der Waals surface area contributed by atoms with E-state index in [0.717, 1.165) is 22.9 Å². The van der Waals surface area contributed by atoms with Gasteiger partial charge in [0.1, 0.15) is 29.1 Å². The zero-order valence-corrected chi connectivity index (χ0v) is 18.9. The fourth-order valence-corrected chi connectivity index (χ4v) is 4.67. The molecule has 2 unspecified atom stereocenters. The zero-order chi connectivity index (χ0) is 26.0. The minimum absolute atomic E-state index is 0.0741. The first-order valence-corrected chi connectivity index (χ1v) is 11.3. The van der Waals surface area contributed by atoms with E-state index in [1.165, 1.54) is 19.1 Å². The molecule has 1 aliphatic carbocycles. The number of rotatable bonds is 5. The van der Waals surface area contributed by atoms with Crippen LogP contribution < -0.4 is 15.6 Å². The highest BCUT2D eigenvalue weighted by atomic mass is 19.4. The Morgan fingerprint density at radius 1 is 1.28 bits per heavy atom. The van der Waals surface area contributed by atoms with E-state index in [1.54, 1.807) is 4.90 Å². The van der Waals surface area contributed by atoms with Gasteiger partial charge in [-0.25, -0.2) is 13.8 Å². The molecule has 7 nitrogen and oxygen atoms in total. The molecule has 2 aromatic heterocycles. The second kappa shape index (κ2) is 8.26. The predicted octanol–water partition coefficient (Wildman–Crippen LogP) is 3.31. The number of pyridine rings is 2. The second-order valence-corrected chi connectivity index (χ2v) is 9.24. The van der Waals surface area contributed by atoms with Gasteiger partial charge in [-0.05, 0) is 37.1 Å². The minimum atomic E-state index is -4.74. The van der Waals surface area contributed by atoms with Crippen molar-refractivity contribution < 1.29 is 31.9 Å². The number of alkyl halides is 3. The topological polar surface area (TPSA) is 87.5 Å². The molecule has 0 bridgehead atoms. The largest absolute Gasteiger partial charge is 0.408 e. The van der Waals surface area contributed by atoms with Crippen molar-refractivity contribution in [3.05, 3.63) is 63.9 Å². The number of nitrogens with one attached hydrogen (secondary N) is 1. The van der Waals surface area contributed by atoms with Crippen LogP contribution in [-0.2, 0) is 0 Å². The van der Waals surface area contributed by atoms with E-state index in [9.17, 15) is 36.6 Å². The Balaban J connectivity index is 1.65. The molecule has 5 rings (SSSR count). The van der Waals surface area contributed by atoms with Gasteiger partial charge in [0.15, 0.2) is 5.65 Å². The quantitative estimate of drug-likeness (QED) is 0.517. The third-order valence-electron chi connectivity index (χ3n) is 6.79. The maximum Gasteiger partial charge on any atom is 0.408 e. The second-order valence-electron chi connectivity index (χ2n) is 9.24. The van der Waals surface area contributed by atoms with Crippen molar-refractivity contribution in [1.29, 1.82) is 0 Å². The SMILES string of the molecule is CC[C@@H](NC(=O)c1cn(-c2ccc(F)cc2F)c2nc(N3CC4CC4(O)C3)ccc2c1=O)C(F)(F)F. The molecule has 0 spiro atoms. The smallest absolute Gasteiger partial charge is 0.388 e. The number of hydrogen-bond acceptors (Lipinski definition) is 5. The molecule has 3 heterocycles. The molecule has 2 N–H and O–H groups in total. The number of aliphatic hydroxyl groups is 1. The minimum Gasteiger partial charge on any atom is -0.388 e. The average Bonchev–Trinajstić information content (AvgIpc) is 3.32. The number of hydrogen-bond donors (Lipinski definition) is 2. The lowest BCUT2D eigenvalue weighted by Gasteiger charge is -2.22. The number of carbonyl (C=O) groups is 1. The summed E-state index contributed by atoms with van der Waals surface area (Å²) in [5, 5.41) is 12.0. The lowest BCUT2D eigenvalue weighted by Crippen LogP contribution is -2.46. The summed E-state index contributed by atoms with van der Waals surface area (Å²) in [6.07, 6.45) is -3.61. The number of amides is 1. The third kappa shape index (κ3) is 4.08. The molecule has 1 aromatic carbocycles. The number of anilines is 1. The summed E-state index contributed by atoms with van der Waals surface area (Å²) in [6, 6.07) is 3.29. The lowest BCUT2D eigenvalue weighted by molar-refractivity contribution is -0.153. The standard InChI is InChI=1S/C24H21F5N4O3/c1-2-18(24(27,28)29)30-22(35)15-10-33(17-5-3-13(25)7-16(17)26)21-14(20(15)34)4-6-19(31-21)32-9-12-8-23(12,36)11-32/h3-7,10,12,18,36H,2,8-9,11H2,1H3,(H,30,35)/t12?,18-,23?/m1/s1. The lowest BCUT2D eigenvalue weighted by atomic mass is 10.1. The molecule has 1 saturated carbocycles. The van der Waals surface area contributed by atoms with Gasteiger partial charge in [-0.3, -0.25) is 14.2 Å². The highest BCUT2D eigenvalue weighted by Crippen LogP contribution is 2.50. The predicted molar refractivity (Wildman–Crippen MR) is 120 cm³/mol. The number of nitrogens with zero attached hydrogens (tertiary/aromatic N) is 3. The summed E-state index contributed by atoms with van der Waals surface area (Å²) in [5.74, 6) is -2.70. The van der Waals surface area contributed by atoms with Gasteiger partial charge >= 0.3 is 6.18 Å². The third-order valence-corrected chi connectivity index (χ3v) is 6.79. The van der Waals surface area contributed by atoms with Crippen LogP contribution in [0, 0.1) is 17.6 Å². The molecule has 0 radical (unpaired) electrons. The van der Waals surface area contributed by atoms with Crippen LogP contribution in [0.15, 0.2) is 41.3 Å². The maximum atomic E-state index is 14.8. The molecule has 1 saturated heterocycles. The van der Waals surface area contributed by atoms with Crippen LogP contribution in [0.4, 0.5) is 27.8 Å². The summed E-state index contributed by atoms with van der Waals surface area (Å²) >= 11 is 0. The number of benzene rings is 1. The first-order chi connectivity index (χ1) is 16.9. The summed E-state index contributed by atoms with van der Waals surface area (Å²) in [7, 11) is 0. The van der Waals surface area contributed by atoms with Gasteiger partial charge in [0, 0.05) is 31.3 Å². The van der Waals surface area contributed by atoms with E-state index in [4.69, 9.17) is 0 Å². The van der Waals surface area contributed by atoms with Crippen LogP contribution in [0.25, 0.3) is 16.7 Å². The van der Waals surface area contributed by atoms with Gasteiger partial charge in [0.2, 0.25) is 5.43 Å². The summed E-state index contributed by atoms with van der Waals surface area (Å²) in [5.41, 5.74) is -2.67. The van der Waals surface area contributed by atoms with Crippen molar-refractivity contribution in [3.63, 3.8) is 0 Å². The number of halogens is 5. The fraction of sp³-hybridized carbons (Fsp3) is 0.375. The molecule has 190 valence electrons. The van der Waals surface area contributed by atoms with Crippen LogP contribution in [-0.4, -0.2) is 51.5 Å². The number of aromatic nitrogens is 2. The molecule has 3 aromatic rings. The van der Waals surface area contributed by atoms with Crippen LogP contribution in [0.5, 0.6) is 0 Å². The van der Waals surface area contributed by atoms with E-state index in [1.807, 2.05) is 5.32 Å². The Kier molecular flexibility index (Phi) is 5.54. The number of carbonyl (C=O) groups excluding carboxylic acids is 1. The molecule has 12 heteroatoms. The molecule has 3 atom stereocenters. The number of β-amino-alcohol motifs (C(OH)–C–C–N with tert-alkyl or cyclic N) is 1. The van der Waals surface area contributed by atoms with Crippen LogP contribution in [0.2, 0.25) is 0 Å². The molecular weight excluding hydrogens is 487 g/mol. The number of fused-ring (bicyclic) bond motifs is 2. The monoisotopic (exact) mass is 508 g/mol. The van der Waals surface area contributed by atoms with Gasteiger partial charge in [0.25, 0.3) is 5.91 Å². The van der Waals surface area contributed by atoms with Crippen molar-refractivity contribution in [2.45, 2.75) is 37.6 Å². The van der Waals surface area contributed by atoms with Crippen molar-refractivity contribution >= 4 is 22.8 Å². The van der Waals surface area contributed by atoms with Gasteiger partial charge in [0.05, 0.1) is 16.7 Å². The Morgan fingerprint density at radius 2 is 2.03 bits per heavy atom. The van der Waals surface area contributed by atoms with Gasteiger partial charge in [-0.15, -0.1) is 0 Å². The van der Waals surface area contributed by atoms with E-state index in [-0.39, 0.29) is 22.6 Å². The zero-order valence-electron chi connectivity index (χ0n) is 18.9. The molecule has 36 heavy (non-hydrogen) atoms. The Bertz CT molecular complexity index is 1440. The van der Waals surface area contributed by atoms with Gasteiger partial charge < -0.3 is 15.3 Å². The van der Waals surface area contributed by atoms with E-state index >= 15 is 0 Å². The van der Waals surface area contributed by atoms with E-state index < -0.39 is 52.8 Å². The molecule has 2 aliphatic rings. The fourth-order valence-electron chi connectivity index (χ4n) is 4.67. The Labute approximate surface area is 201 Å². The highest BCUT2D eigenvalue weighted by Gasteiger charge is 2.59. The van der Waals surface area contributed by atoms with Crippen LogP contribution in [0.1, 0.15) is 30.1 Å². The normalized spacial score (nSPS) is 22.0.